The van der Waals surface area contributed by atoms with E-state index in [-0.39, 0.29) is 0 Å². The number of halogens is 1. The van der Waals surface area contributed by atoms with Crippen LogP contribution >= 0.6 is 11.6 Å². The minimum absolute atomic E-state index is 0.682. The van der Waals surface area contributed by atoms with Crippen molar-refractivity contribution in [2.45, 2.75) is 0 Å². The number of fused-ring (bicyclic) bond motifs is 1. The van der Waals surface area contributed by atoms with Crippen molar-refractivity contribution in [1.82, 2.24) is 4.98 Å². The van der Waals surface area contributed by atoms with E-state index in [1.807, 2.05) is 24.3 Å². The van der Waals surface area contributed by atoms with Gasteiger partial charge in [0.15, 0.2) is 0 Å². The smallest absolute Gasteiger partial charge is 0.237 e. The van der Waals surface area contributed by atoms with Crippen molar-refractivity contribution in [3.63, 3.8) is 0 Å². The molecule has 3 heteroatoms. The van der Waals surface area contributed by atoms with E-state index in [0.717, 1.165) is 16.7 Å². The topological polar surface area (TPSA) is 25.7 Å². The molecule has 0 radical (unpaired) electrons. The molecule has 0 fully saturated rings. The first-order valence-corrected chi connectivity index (χ1v) is 4.20. The molecule has 2 aromatic rings. The van der Waals surface area contributed by atoms with Gasteiger partial charge in [0.25, 0.3) is 0 Å². The van der Waals surface area contributed by atoms with E-state index < -0.39 is 0 Å². The first-order valence-electron chi connectivity index (χ1n) is 3.82. The first-order chi connectivity index (χ1) is 6.31. The zero-order chi connectivity index (χ0) is 9.26. The number of aromatic hydroxyl groups is 1. The van der Waals surface area contributed by atoms with Crippen molar-refractivity contribution in [2.75, 3.05) is 0 Å². The number of rotatable bonds is 1. The van der Waals surface area contributed by atoms with Gasteiger partial charge in [-0.1, -0.05) is 11.6 Å². The second-order valence-electron chi connectivity index (χ2n) is 2.65. The maximum atomic E-state index is 5.83. The van der Waals surface area contributed by atoms with Gasteiger partial charge in [0.2, 0.25) is 5.75 Å². The third-order valence-electron chi connectivity index (χ3n) is 1.85. The molecule has 0 spiro atoms. The van der Waals surface area contributed by atoms with Crippen molar-refractivity contribution >= 4 is 22.5 Å². The highest BCUT2D eigenvalue weighted by molar-refractivity contribution is 6.31. The number of benzene rings is 1. The van der Waals surface area contributed by atoms with E-state index in [4.69, 9.17) is 11.6 Å². The lowest BCUT2D eigenvalue weighted by Gasteiger charge is -2.05. The Labute approximate surface area is 81.1 Å². The summed E-state index contributed by atoms with van der Waals surface area (Å²) in [5.74, 6) is 0.835. The summed E-state index contributed by atoms with van der Waals surface area (Å²) in [5, 5.41) is 1.66. The van der Waals surface area contributed by atoms with Gasteiger partial charge in [-0.15, -0.1) is 0 Å². The number of ether oxygens (including phenoxy) is 1. The van der Waals surface area contributed by atoms with Gasteiger partial charge in [-0.2, -0.15) is 0 Å². The third-order valence-corrected chi connectivity index (χ3v) is 2.09. The van der Waals surface area contributed by atoms with Gasteiger partial charge in [-0.25, -0.2) is 0 Å². The second kappa shape index (κ2) is 3.23. The van der Waals surface area contributed by atoms with Crippen LogP contribution in [0.2, 0.25) is 5.02 Å². The molecule has 1 heterocycles. The quantitative estimate of drug-likeness (QED) is 0.505. The van der Waals surface area contributed by atoms with Crippen LogP contribution in [0.4, 0.5) is 0 Å². The first kappa shape index (κ1) is 8.32. The molecule has 0 atom stereocenters. The predicted octanol–water partition coefficient (Wildman–Crippen LogP) is 2.92. The summed E-state index contributed by atoms with van der Waals surface area (Å²) in [6.07, 6.45) is 1.70. The third kappa shape index (κ3) is 1.45. The van der Waals surface area contributed by atoms with Gasteiger partial charge in [-0.3, -0.25) is 4.98 Å². The van der Waals surface area contributed by atoms with E-state index in [1.165, 1.54) is 0 Å². The molecule has 2 nitrogen and oxygen atoms in total. The van der Waals surface area contributed by atoms with Crippen LogP contribution in [0.5, 0.6) is 5.75 Å². The molecule has 0 unspecified atom stereocenters. The van der Waals surface area contributed by atoms with Crippen molar-refractivity contribution in [1.29, 1.82) is 0 Å². The fraction of sp³-hybridized carbons (Fsp3) is 0. The van der Waals surface area contributed by atoms with Gasteiger partial charge >= 0.3 is 0 Å². The Kier molecular flexibility index (Phi) is 2.07. The molecule has 0 saturated carbocycles. The van der Waals surface area contributed by atoms with Crippen LogP contribution in [0, 0.1) is 7.11 Å². The fourth-order valence-electron chi connectivity index (χ4n) is 1.24. The van der Waals surface area contributed by atoms with Crippen LogP contribution in [-0.2, 0) is 0 Å². The summed E-state index contributed by atoms with van der Waals surface area (Å²) in [6.45, 7) is 0. The molecule has 0 aliphatic carbocycles. The van der Waals surface area contributed by atoms with Crippen LogP contribution in [0.15, 0.2) is 30.5 Å². The van der Waals surface area contributed by atoms with Crippen LogP contribution in [0.1, 0.15) is 0 Å². The van der Waals surface area contributed by atoms with Crippen LogP contribution in [-0.4, -0.2) is 9.72 Å². The maximum Gasteiger partial charge on any atom is 0.237 e. The molecule has 0 amide bonds. The number of hydrogen-bond donors (Lipinski definition) is 0. The molecule has 0 aliphatic heterocycles. The van der Waals surface area contributed by atoms with E-state index in [1.54, 1.807) is 6.20 Å². The molecular weight excluding hydrogens is 186 g/mol. The van der Waals surface area contributed by atoms with E-state index >= 15 is 0 Å². The van der Waals surface area contributed by atoms with Crippen LogP contribution < -0.4 is 0 Å². The number of hydrogen-bond acceptors (Lipinski definition) is 1. The number of aliphatic hydroxyl groups is 1. The average Bonchev–Trinajstić information content (AvgIpc) is 2.16. The standard InChI is InChI=1S/C10H8ClNO/c1-13-10-4-5-12-9-6-7(11)2-3-8(9)10/h2-6,13H,1H2. The number of aromatic nitrogens is 1. The Morgan fingerprint density at radius 3 is 2.92 bits per heavy atom. The highest BCUT2D eigenvalue weighted by Crippen LogP contribution is 2.26. The molecule has 13 heavy (non-hydrogen) atoms. The Hall–Kier alpha value is -1.28. The van der Waals surface area contributed by atoms with E-state index in [9.17, 15) is 0 Å². The summed E-state index contributed by atoms with van der Waals surface area (Å²) in [4.78, 5) is 4.18. The molecular formula is C10H8ClNO. The van der Waals surface area contributed by atoms with Gasteiger partial charge in [0, 0.05) is 17.3 Å². The van der Waals surface area contributed by atoms with Gasteiger partial charge in [-0.05, 0) is 25.3 Å². The van der Waals surface area contributed by atoms with Crippen LogP contribution in [0.3, 0.4) is 0 Å². The van der Waals surface area contributed by atoms with Crippen LogP contribution in [0.25, 0.3) is 10.9 Å². The highest BCUT2D eigenvalue weighted by Gasteiger charge is 2.03. The molecule has 0 bridgehead atoms. The van der Waals surface area contributed by atoms with E-state index in [2.05, 4.69) is 16.8 Å². The second-order valence-corrected chi connectivity index (χ2v) is 3.09. The molecule has 66 valence electrons. The lowest BCUT2D eigenvalue weighted by atomic mass is 10.2. The lowest BCUT2D eigenvalue weighted by Crippen LogP contribution is -1.82. The molecule has 1 aromatic heterocycles. The highest BCUT2D eigenvalue weighted by atomic mass is 35.5. The summed E-state index contributed by atoms with van der Waals surface area (Å²) in [7, 11) is 3.49. The van der Waals surface area contributed by atoms with Gasteiger partial charge in [0.1, 0.15) is 0 Å². The predicted molar refractivity (Wildman–Crippen MR) is 53.8 cm³/mol. The average molecular weight is 194 g/mol. The van der Waals surface area contributed by atoms with Crippen molar-refractivity contribution < 1.29 is 4.74 Å². The molecule has 0 saturated heterocycles. The Morgan fingerprint density at radius 1 is 1.31 bits per heavy atom. The SMILES string of the molecule is [CH2-][OH+]c1ccnc2cc(Cl)ccc12. The number of nitrogens with zero attached hydrogens (tertiary/aromatic N) is 1. The van der Waals surface area contributed by atoms with E-state index in [0.29, 0.717) is 5.02 Å². The number of pyridine rings is 1. The minimum atomic E-state index is 0.682. The zero-order valence-corrected chi connectivity index (χ0v) is 7.62. The minimum Gasteiger partial charge on any atom is -0.721 e. The summed E-state index contributed by atoms with van der Waals surface area (Å²) >= 11 is 5.83. The molecule has 1 aromatic carbocycles. The largest absolute Gasteiger partial charge is 0.721 e. The van der Waals surface area contributed by atoms with Crippen molar-refractivity contribution in [3.8, 4) is 5.75 Å². The van der Waals surface area contributed by atoms with Crippen molar-refractivity contribution in [3.05, 3.63) is 42.6 Å². The lowest BCUT2D eigenvalue weighted by molar-refractivity contribution is 0.189. The van der Waals surface area contributed by atoms with Gasteiger partial charge < -0.3 is 4.74 Å². The molecule has 0 aliphatic rings. The Balaban J connectivity index is 2.77. The maximum absolute atomic E-state index is 5.83. The van der Waals surface area contributed by atoms with Crippen molar-refractivity contribution in [2.24, 2.45) is 0 Å². The summed E-state index contributed by atoms with van der Waals surface area (Å²) < 4.78 is 3.90. The summed E-state index contributed by atoms with van der Waals surface area (Å²) in [5.41, 5.74) is 0.845. The summed E-state index contributed by atoms with van der Waals surface area (Å²) in [6, 6.07) is 7.35. The normalized spacial score (nSPS) is 10.3. The monoisotopic (exact) mass is 193 g/mol. The molecule has 2 rings (SSSR count). The zero-order valence-electron chi connectivity index (χ0n) is 6.87. The van der Waals surface area contributed by atoms with Gasteiger partial charge in [0.05, 0.1) is 10.9 Å². The Morgan fingerprint density at radius 2 is 2.15 bits per heavy atom. The molecule has 1 N–H and O–H groups in total. The fourth-order valence-corrected chi connectivity index (χ4v) is 1.41. The Bertz CT molecular complexity index is 442.